The molecule has 1 saturated carbocycles. The molecule has 2 N–H and O–H groups in total. The van der Waals surface area contributed by atoms with Crippen molar-refractivity contribution in [3.8, 4) is 5.88 Å². The molecular weight excluding hydrogens is 352 g/mol. The van der Waals surface area contributed by atoms with Crippen LogP contribution in [0, 0.1) is 0 Å². The maximum Gasteiger partial charge on any atom is 0.218 e. The summed E-state index contributed by atoms with van der Waals surface area (Å²) in [4.78, 5) is 9.06. The minimum Gasteiger partial charge on any atom is -0.475 e. The van der Waals surface area contributed by atoms with Crippen LogP contribution in [0.5, 0.6) is 5.88 Å². The Morgan fingerprint density at radius 1 is 1.11 bits per heavy atom. The zero-order chi connectivity index (χ0) is 19.7. The van der Waals surface area contributed by atoms with Gasteiger partial charge < -0.3 is 20.1 Å². The third-order valence-electron chi connectivity index (χ3n) is 4.96. The number of nitrogens with zero attached hydrogens (tertiary/aromatic N) is 2. The third-order valence-corrected chi connectivity index (χ3v) is 4.96. The van der Waals surface area contributed by atoms with Crippen molar-refractivity contribution in [2.24, 2.45) is 4.99 Å². The van der Waals surface area contributed by atoms with Crippen LogP contribution in [0.25, 0.3) is 0 Å². The van der Waals surface area contributed by atoms with E-state index in [0.29, 0.717) is 25.6 Å². The molecule has 150 valence electrons. The van der Waals surface area contributed by atoms with Crippen LogP contribution in [0.4, 0.5) is 0 Å². The number of pyridine rings is 1. The quantitative estimate of drug-likeness (QED) is 0.376. The number of aliphatic imine (C=N–C) groups is 1. The molecule has 1 aliphatic rings. The molecule has 0 bridgehead atoms. The second kappa shape index (κ2) is 10.1. The largest absolute Gasteiger partial charge is 0.475 e. The Balaban J connectivity index is 1.62. The fourth-order valence-electron chi connectivity index (χ4n) is 3.17. The Morgan fingerprint density at radius 3 is 2.64 bits per heavy atom. The predicted molar refractivity (Wildman–Crippen MR) is 112 cm³/mol. The van der Waals surface area contributed by atoms with Crippen LogP contribution in [-0.4, -0.2) is 44.4 Å². The molecular formula is C22H30N4O2. The SMILES string of the molecule is CCNC(=NCc1cccnc1OCCOC)NCC1(c2ccccc2)CC1. The van der Waals surface area contributed by atoms with Gasteiger partial charge in [0.2, 0.25) is 5.88 Å². The molecule has 28 heavy (non-hydrogen) atoms. The van der Waals surface area contributed by atoms with E-state index >= 15 is 0 Å². The first-order valence-electron chi connectivity index (χ1n) is 9.91. The summed E-state index contributed by atoms with van der Waals surface area (Å²) < 4.78 is 10.7. The standard InChI is InChI=1S/C22H30N4O2/c1-3-23-21(26-17-22(11-12-22)19-9-5-4-6-10-19)25-16-18-8-7-13-24-20(18)28-15-14-27-2/h4-10,13H,3,11-12,14-17H2,1-2H3,(H2,23,25,26). The van der Waals surface area contributed by atoms with Crippen LogP contribution < -0.4 is 15.4 Å². The number of hydrogen-bond acceptors (Lipinski definition) is 4. The molecule has 1 fully saturated rings. The van der Waals surface area contributed by atoms with Crippen LogP contribution in [0.2, 0.25) is 0 Å². The predicted octanol–water partition coefficient (Wildman–Crippen LogP) is 2.89. The monoisotopic (exact) mass is 382 g/mol. The Kier molecular flexibility index (Phi) is 7.25. The number of ether oxygens (including phenoxy) is 2. The number of hydrogen-bond donors (Lipinski definition) is 2. The van der Waals surface area contributed by atoms with E-state index in [2.05, 4.69) is 52.9 Å². The summed E-state index contributed by atoms with van der Waals surface area (Å²) in [6.45, 7) is 5.28. The molecule has 3 rings (SSSR count). The first-order chi connectivity index (χ1) is 13.8. The summed E-state index contributed by atoms with van der Waals surface area (Å²) >= 11 is 0. The molecule has 0 saturated heterocycles. The average Bonchev–Trinajstić information content (AvgIpc) is 3.53. The topological polar surface area (TPSA) is 67.8 Å². The summed E-state index contributed by atoms with van der Waals surface area (Å²) in [6.07, 6.45) is 4.16. The van der Waals surface area contributed by atoms with Gasteiger partial charge in [-0.3, -0.25) is 0 Å². The van der Waals surface area contributed by atoms with E-state index in [-0.39, 0.29) is 5.41 Å². The summed E-state index contributed by atoms with van der Waals surface area (Å²) in [6, 6.07) is 14.6. The number of benzene rings is 1. The van der Waals surface area contributed by atoms with Crippen LogP contribution in [-0.2, 0) is 16.7 Å². The molecule has 0 amide bonds. The van der Waals surface area contributed by atoms with Crippen molar-refractivity contribution in [2.45, 2.75) is 31.7 Å². The van der Waals surface area contributed by atoms with Gasteiger partial charge in [0.1, 0.15) is 6.61 Å². The van der Waals surface area contributed by atoms with Gasteiger partial charge in [-0.1, -0.05) is 36.4 Å². The lowest BCUT2D eigenvalue weighted by Gasteiger charge is -2.19. The van der Waals surface area contributed by atoms with E-state index in [9.17, 15) is 0 Å². The molecule has 0 spiro atoms. The van der Waals surface area contributed by atoms with Gasteiger partial charge in [0.15, 0.2) is 5.96 Å². The molecule has 1 aromatic heterocycles. The lowest BCUT2D eigenvalue weighted by Crippen LogP contribution is -2.41. The molecule has 6 nitrogen and oxygen atoms in total. The molecule has 2 aromatic rings. The lowest BCUT2D eigenvalue weighted by atomic mass is 9.96. The highest BCUT2D eigenvalue weighted by Gasteiger charge is 2.43. The second-order valence-corrected chi connectivity index (χ2v) is 7.00. The minimum atomic E-state index is 0.236. The molecule has 1 heterocycles. The van der Waals surface area contributed by atoms with E-state index in [1.165, 1.54) is 18.4 Å². The van der Waals surface area contributed by atoms with Gasteiger partial charge in [0.05, 0.1) is 13.2 Å². The van der Waals surface area contributed by atoms with Crippen molar-refractivity contribution < 1.29 is 9.47 Å². The second-order valence-electron chi connectivity index (χ2n) is 7.00. The van der Waals surface area contributed by atoms with Crippen LogP contribution in [0.15, 0.2) is 53.7 Å². The highest BCUT2D eigenvalue weighted by molar-refractivity contribution is 5.80. The summed E-state index contributed by atoms with van der Waals surface area (Å²) in [7, 11) is 1.66. The van der Waals surface area contributed by atoms with Crippen LogP contribution >= 0.6 is 0 Å². The van der Waals surface area contributed by atoms with Gasteiger partial charge in [-0.05, 0) is 31.4 Å². The zero-order valence-corrected chi connectivity index (χ0v) is 16.8. The van der Waals surface area contributed by atoms with Crippen molar-refractivity contribution >= 4 is 5.96 Å². The van der Waals surface area contributed by atoms with E-state index in [0.717, 1.165) is 24.6 Å². The van der Waals surface area contributed by atoms with Crippen molar-refractivity contribution in [2.75, 3.05) is 33.4 Å². The maximum atomic E-state index is 5.71. The highest BCUT2D eigenvalue weighted by Crippen LogP contribution is 2.47. The first-order valence-corrected chi connectivity index (χ1v) is 9.91. The van der Waals surface area contributed by atoms with Gasteiger partial charge >= 0.3 is 0 Å². The number of methoxy groups -OCH3 is 1. The van der Waals surface area contributed by atoms with Crippen molar-refractivity contribution in [1.82, 2.24) is 15.6 Å². The van der Waals surface area contributed by atoms with Gasteiger partial charge in [0, 0.05) is 37.4 Å². The number of guanidine groups is 1. The maximum absolute atomic E-state index is 5.71. The summed E-state index contributed by atoms with van der Waals surface area (Å²) in [5.41, 5.74) is 2.60. The van der Waals surface area contributed by atoms with Crippen LogP contribution in [0.1, 0.15) is 30.9 Å². The van der Waals surface area contributed by atoms with Crippen molar-refractivity contribution in [1.29, 1.82) is 0 Å². The van der Waals surface area contributed by atoms with Gasteiger partial charge in [-0.15, -0.1) is 0 Å². The van der Waals surface area contributed by atoms with Crippen molar-refractivity contribution in [3.63, 3.8) is 0 Å². The summed E-state index contributed by atoms with van der Waals surface area (Å²) in [5, 5.41) is 6.86. The molecule has 1 aromatic carbocycles. The Bertz CT molecular complexity index is 760. The van der Waals surface area contributed by atoms with E-state index in [4.69, 9.17) is 14.5 Å². The zero-order valence-electron chi connectivity index (χ0n) is 16.8. The molecule has 6 heteroatoms. The van der Waals surface area contributed by atoms with Gasteiger partial charge in [-0.25, -0.2) is 9.98 Å². The molecule has 0 atom stereocenters. The van der Waals surface area contributed by atoms with Crippen molar-refractivity contribution in [3.05, 3.63) is 59.8 Å². The smallest absolute Gasteiger partial charge is 0.218 e. The highest BCUT2D eigenvalue weighted by atomic mass is 16.5. The normalized spacial score (nSPS) is 15.1. The lowest BCUT2D eigenvalue weighted by molar-refractivity contribution is 0.143. The molecule has 0 radical (unpaired) electrons. The number of aromatic nitrogens is 1. The third kappa shape index (κ3) is 5.45. The minimum absolute atomic E-state index is 0.236. The molecule has 0 aliphatic heterocycles. The molecule has 0 unspecified atom stereocenters. The van der Waals surface area contributed by atoms with Gasteiger partial charge in [-0.2, -0.15) is 0 Å². The molecule has 1 aliphatic carbocycles. The number of rotatable bonds is 10. The van der Waals surface area contributed by atoms with E-state index in [1.54, 1.807) is 13.3 Å². The Morgan fingerprint density at radius 2 is 1.93 bits per heavy atom. The fraction of sp³-hybridized carbons (Fsp3) is 0.455. The summed E-state index contributed by atoms with van der Waals surface area (Å²) in [5.74, 6) is 1.43. The average molecular weight is 383 g/mol. The van der Waals surface area contributed by atoms with E-state index < -0.39 is 0 Å². The van der Waals surface area contributed by atoms with Gasteiger partial charge in [0.25, 0.3) is 0 Å². The fourth-order valence-corrected chi connectivity index (χ4v) is 3.17. The Hall–Kier alpha value is -2.60. The Labute approximate surface area is 167 Å². The van der Waals surface area contributed by atoms with E-state index in [1.807, 2.05) is 12.1 Å². The first kappa shape index (κ1) is 20.1. The number of nitrogens with one attached hydrogen (secondary N) is 2. The van der Waals surface area contributed by atoms with Crippen LogP contribution in [0.3, 0.4) is 0 Å².